The molecule has 6 heteroatoms. The lowest BCUT2D eigenvalue weighted by atomic mass is 9.95. The predicted molar refractivity (Wildman–Crippen MR) is 101 cm³/mol. The van der Waals surface area contributed by atoms with Gasteiger partial charge in [0.1, 0.15) is 11.8 Å². The van der Waals surface area contributed by atoms with Crippen LogP contribution in [-0.4, -0.2) is 32.0 Å². The Balaban J connectivity index is 1.80. The van der Waals surface area contributed by atoms with Gasteiger partial charge in [-0.25, -0.2) is 0 Å². The van der Waals surface area contributed by atoms with Crippen molar-refractivity contribution in [2.45, 2.75) is 31.5 Å². The molecule has 0 unspecified atom stereocenters. The second-order valence-corrected chi connectivity index (χ2v) is 7.89. The molecule has 1 aromatic heterocycles. The maximum atomic E-state index is 9.85. The Bertz CT molecular complexity index is 783. The Morgan fingerprint density at radius 2 is 2.21 bits per heavy atom. The monoisotopic (exact) mass is 403 g/mol. The van der Waals surface area contributed by atoms with E-state index in [4.69, 9.17) is 4.99 Å². The van der Waals surface area contributed by atoms with Gasteiger partial charge in [0, 0.05) is 18.0 Å². The standard InChI is InChI=1S/C18H18BrN3OS/c1-2-12-10-24-18-21-16(14-5-3-4-8-20-14)17(22(12)18)11-6-7-15(23)13(19)9-11/h3-9,12,16-17,23H,2,10H2,1H3/t12-,16-,17+/m1/s1. The number of hydrogen-bond donors (Lipinski definition) is 1. The van der Waals surface area contributed by atoms with Crippen molar-refractivity contribution in [2.75, 3.05) is 5.75 Å². The van der Waals surface area contributed by atoms with Crippen molar-refractivity contribution >= 4 is 32.9 Å². The number of aromatic hydroxyl groups is 1. The molecule has 3 heterocycles. The minimum atomic E-state index is -0.0144. The molecule has 0 bridgehead atoms. The highest BCUT2D eigenvalue weighted by Crippen LogP contribution is 2.49. The molecule has 4 nitrogen and oxygen atoms in total. The van der Waals surface area contributed by atoms with E-state index in [2.05, 4.69) is 32.7 Å². The summed E-state index contributed by atoms with van der Waals surface area (Å²) in [5, 5.41) is 11.0. The Kier molecular flexibility index (Phi) is 4.26. The number of halogens is 1. The van der Waals surface area contributed by atoms with Crippen molar-refractivity contribution in [2.24, 2.45) is 4.99 Å². The number of thioether (sulfide) groups is 1. The molecule has 0 amide bonds. The van der Waals surface area contributed by atoms with Crippen LogP contribution in [0.3, 0.4) is 0 Å². The normalized spacial score (nSPS) is 25.7. The zero-order valence-corrected chi connectivity index (χ0v) is 15.7. The molecule has 0 radical (unpaired) electrons. The summed E-state index contributed by atoms with van der Waals surface area (Å²) in [6.45, 7) is 2.23. The first-order chi connectivity index (χ1) is 11.7. The largest absolute Gasteiger partial charge is 0.507 e. The molecule has 1 aromatic carbocycles. The Morgan fingerprint density at radius 3 is 2.92 bits per heavy atom. The molecule has 2 aliphatic heterocycles. The number of hydrogen-bond acceptors (Lipinski definition) is 5. The number of aliphatic imine (C=N–C) groups is 1. The van der Waals surface area contributed by atoms with Crippen LogP contribution in [0.25, 0.3) is 0 Å². The van der Waals surface area contributed by atoms with Crippen LogP contribution in [0.15, 0.2) is 52.1 Å². The first-order valence-electron chi connectivity index (χ1n) is 8.07. The van der Waals surface area contributed by atoms with Crippen LogP contribution in [0.2, 0.25) is 0 Å². The number of phenols is 1. The molecule has 1 saturated heterocycles. The Hall–Kier alpha value is -1.53. The maximum Gasteiger partial charge on any atom is 0.160 e. The molecule has 0 saturated carbocycles. The summed E-state index contributed by atoms with van der Waals surface area (Å²) >= 11 is 5.28. The first-order valence-corrected chi connectivity index (χ1v) is 9.85. The Labute approximate surface area is 154 Å². The molecule has 24 heavy (non-hydrogen) atoms. The van der Waals surface area contributed by atoms with Crippen molar-refractivity contribution in [1.82, 2.24) is 9.88 Å². The topological polar surface area (TPSA) is 48.7 Å². The smallest absolute Gasteiger partial charge is 0.160 e. The first kappa shape index (κ1) is 16.0. The van der Waals surface area contributed by atoms with Crippen molar-refractivity contribution in [3.8, 4) is 5.75 Å². The van der Waals surface area contributed by atoms with E-state index in [-0.39, 0.29) is 17.8 Å². The van der Waals surface area contributed by atoms with Crippen LogP contribution in [0.4, 0.5) is 0 Å². The molecule has 1 fully saturated rings. The van der Waals surface area contributed by atoms with E-state index in [0.29, 0.717) is 10.5 Å². The van der Waals surface area contributed by atoms with Gasteiger partial charge in [0.2, 0.25) is 0 Å². The van der Waals surface area contributed by atoms with E-state index in [0.717, 1.165) is 28.6 Å². The minimum Gasteiger partial charge on any atom is -0.507 e. The van der Waals surface area contributed by atoms with Crippen LogP contribution in [0.5, 0.6) is 5.75 Å². The summed E-state index contributed by atoms with van der Waals surface area (Å²) in [6.07, 6.45) is 2.92. The fourth-order valence-electron chi connectivity index (χ4n) is 3.42. The molecule has 0 spiro atoms. The summed E-state index contributed by atoms with van der Waals surface area (Å²) in [4.78, 5) is 12.0. The fraction of sp³-hybridized carbons (Fsp3) is 0.333. The summed E-state index contributed by atoms with van der Waals surface area (Å²) in [6, 6.07) is 12.3. The van der Waals surface area contributed by atoms with Gasteiger partial charge in [-0.2, -0.15) is 0 Å². The van der Waals surface area contributed by atoms with Gasteiger partial charge in [-0.1, -0.05) is 30.8 Å². The van der Waals surface area contributed by atoms with Crippen LogP contribution in [0.1, 0.15) is 36.7 Å². The quantitative estimate of drug-likeness (QED) is 0.817. The van der Waals surface area contributed by atoms with E-state index in [1.165, 1.54) is 0 Å². The van der Waals surface area contributed by atoms with Crippen LogP contribution in [0, 0.1) is 0 Å². The lowest BCUT2D eigenvalue weighted by molar-refractivity contribution is 0.255. The number of pyridine rings is 1. The molecule has 0 aliphatic carbocycles. The van der Waals surface area contributed by atoms with Crippen molar-refractivity contribution < 1.29 is 5.11 Å². The predicted octanol–water partition coefficient (Wildman–Crippen LogP) is 4.53. The molecule has 4 rings (SSSR count). The van der Waals surface area contributed by atoms with Gasteiger partial charge < -0.3 is 10.0 Å². The highest BCUT2D eigenvalue weighted by molar-refractivity contribution is 9.10. The van der Waals surface area contributed by atoms with Crippen molar-refractivity contribution in [1.29, 1.82) is 0 Å². The fourth-order valence-corrected chi connectivity index (χ4v) is 5.15. The van der Waals surface area contributed by atoms with E-state index in [9.17, 15) is 5.11 Å². The van der Waals surface area contributed by atoms with Crippen LogP contribution < -0.4 is 0 Å². The third-order valence-electron chi connectivity index (χ3n) is 4.64. The van der Waals surface area contributed by atoms with Gasteiger partial charge in [0.25, 0.3) is 0 Å². The highest BCUT2D eigenvalue weighted by atomic mass is 79.9. The summed E-state index contributed by atoms with van der Waals surface area (Å²) in [5.41, 5.74) is 2.14. The van der Waals surface area contributed by atoms with Gasteiger partial charge in [0.05, 0.1) is 16.2 Å². The lowest BCUT2D eigenvalue weighted by Gasteiger charge is -2.32. The summed E-state index contributed by atoms with van der Waals surface area (Å²) in [5.74, 6) is 1.34. The number of amidine groups is 1. The zero-order valence-electron chi connectivity index (χ0n) is 13.3. The third-order valence-corrected chi connectivity index (χ3v) is 6.40. The molecule has 1 N–H and O–H groups in total. The van der Waals surface area contributed by atoms with Gasteiger partial charge >= 0.3 is 0 Å². The van der Waals surface area contributed by atoms with E-state index < -0.39 is 0 Å². The Morgan fingerprint density at radius 1 is 1.33 bits per heavy atom. The maximum absolute atomic E-state index is 9.85. The molecule has 3 atom stereocenters. The van der Waals surface area contributed by atoms with Gasteiger partial charge in [-0.3, -0.25) is 9.98 Å². The SMILES string of the molecule is CC[C@@H]1CSC2=N[C@H](c3ccccn3)[C@H](c3ccc(O)c(Br)c3)N21. The number of rotatable bonds is 3. The van der Waals surface area contributed by atoms with E-state index >= 15 is 0 Å². The molecule has 124 valence electrons. The van der Waals surface area contributed by atoms with Crippen LogP contribution >= 0.6 is 27.7 Å². The van der Waals surface area contributed by atoms with Gasteiger partial charge in [-0.15, -0.1) is 0 Å². The average molecular weight is 404 g/mol. The summed E-state index contributed by atoms with van der Waals surface area (Å²) < 4.78 is 0.716. The minimum absolute atomic E-state index is 0.0144. The molecular weight excluding hydrogens is 386 g/mol. The number of aromatic nitrogens is 1. The molecule has 2 aliphatic rings. The van der Waals surface area contributed by atoms with E-state index in [1.807, 2.05) is 48.3 Å². The van der Waals surface area contributed by atoms with E-state index in [1.54, 1.807) is 6.07 Å². The molecule has 2 aromatic rings. The van der Waals surface area contributed by atoms with Gasteiger partial charge in [0.15, 0.2) is 5.17 Å². The van der Waals surface area contributed by atoms with Crippen LogP contribution in [-0.2, 0) is 0 Å². The van der Waals surface area contributed by atoms with Crippen molar-refractivity contribution in [3.05, 3.63) is 58.3 Å². The zero-order chi connectivity index (χ0) is 16.7. The number of fused-ring (bicyclic) bond motifs is 1. The molecular formula is C18H18BrN3OS. The number of benzene rings is 1. The highest BCUT2D eigenvalue weighted by Gasteiger charge is 2.45. The average Bonchev–Trinajstić information content (AvgIpc) is 3.17. The number of nitrogens with zero attached hydrogens (tertiary/aromatic N) is 3. The lowest BCUT2D eigenvalue weighted by Crippen LogP contribution is -2.35. The second kappa shape index (κ2) is 6.41. The third kappa shape index (κ3) is 2.62. The van der Waals surface area contributed by atoms with Crippen molar-refractivity contribution in [3.63, 3.8) is 0 Å². The summed E-state index contributed by atoms with van der Waals surface area (Å²) in [7, 11) is 0. The second-order valence-electron chi connectivity index (χ2n) is 6.05. The number of phenolic OH excluding ortho intramolecular Hbond substituents is 1. The van der Waals surface area contributed by atoms with Gasteiger partial charge in [-0.05, 0) is 52.2 Å².